The molecule has 2 heterocycles. The molecule has 0 atom stereocenters. The minimum atomic E-state index is -2.86. The molecule has 1 fully saturated rings. The Morgan fingerprint density at radius 1 is 1.20 bits per heavy atom. The first-order valence-electron chi connectivity index (χ1n) is 8.09. The van der Waals surface area contributed by atoms with Gasteiger partial charge in [-0.3, -0.25) is 0 Å². The number of sulfone groups is 1. The van der Waals surface area contributed by atoms with E-state index in [1.165, 1.54) is 12.1 Å². The Kier molecular flexibility index (Phi) is 5.64. The van der Waals surface area contributed by atoms with E-state index in [2.05, 4.69) is 10.3 Å². The lowest BCUT2D eigenvalue weighted by Crippen LogP contribution is -2.29. The molecule has 2 aromatic rings. The third kappa shape index (κ3) is 5.50. The zero-order valence-electron chi connectivity index (χ0n) is 13.7. The molecule has 7 nitrogen and oxygen atoms in total. The predicted octanol–water partition coefficient (Wildman–Crippen LogP) is 1.59. The highest BCUT2D eigenvalue weighted by atomic mass is 32.2. The Morgan fingerprint density at radius 2 is 1.92 bits per heavy atom. The molecular formula is C16H20FN3O4S. The van der Waals surface area contributed by atoms with Crippen molar-refractivity contribution in [1.82, 2.24) is 15.0 Å². The first-order chi connectivity index (χ1) is 12.0. The SMILES string of the molecule is O=S1(=O)CCC(OCCn2cc(COc3ccc(F)cc3)nn2)CC1. The molecule has 0 unspecified atom stereocenters. The Morgan fingerprint density at radius 3 is 2.64 bits per heavy atom. The molecule has 9 heteroatoms. The van der Waals surface area contributed by atoms with E-state index >= 15 is 0 Å². The molecule has 1 aromatic heterocycles. The lowest BCUT2D eigenvalue weighted by atomic mass is 10.2. The largest absolute Gasteiger partial charge is 0.487 e. The number of ether oxygens (including phenoxy) is 2. The smallest absolute Gasteiger partial charge is 0.150 e. The molecule has 1 saturated heterocycles. The zero-order chi connectivity index (χ0) is 17.7. The molecule has 3 rings (SSSR count). The summed E-state index contributed by atoms with van der Waals surface area (Å²) in [6.07, 6.45) is 2.86. The van der Waals surface area contributed by atoms with Crippen LogP contribution in [0.3, 0.4) is 0 Å². The molecule has 136 valence electrons. The number of hydrogen-bond donors (Lipinski definition) is 0. The summed E-state index contributed by atoms with van der Waals surface area (Å²) in [5.74, 6) is 0.651. The van der Waals surface area contributed by atoms with Gasteiger partial charge in [0.1, 0.15) is 23.9 Å². The molecule has 1 aromatic carbocycles. The molecule has 1 aliphatic rings. The molecule has 0 aliphatic carbocycles. The van der Waals surface area contributed by atoms with E-state index in [0.717, 1.165) is 0 Å². The van der Waals surface area contributed by atoms with Crippen molar-refractivity contribution in [2.45, 2.75) is 32.1 Å². The van der Waals surface area contributed by atoms with Gasteiger partial charge in [-0.25, -0.2) is 17.5 Å². The van der Waals surface area contributed by atoms with Gasteiger partial charge in [-0.1, -0.05) is 5.21 Å². The molecule has 0 bridgehead atoms. The highest BCUT2D eigenvalue weighted by Crippen LogP contribution is 2.15. The monoisotopic (exact) mass is 369 g/mol. The van der Waals surface area contributed by atoms with Gasteiger partial charge in [0.2, 0.25) is 0 Å². The number of rotatable bonds is 7. The van der Waals surface area contributed by atoms with Crippen LogP contribution in [-0.2, 0) is 27.7 Å². The number of benzene rings is 1. The van der Waals surface area contributed by atoms with Gasteiger partial charge in [0, 0.05) is 0 Å². The summed E-state index contributed by atoms with van der Waals surface area (Å²) in [5.41, 5.74) is 0.660. The van der Waals surface area contributed by atoms with Crippen molar-refractivity contribution < 1.29 is 22.3 Å². The van der Waals surface area contributed by atoms with Crippen molar-refractivity contribution in [3.05, 3.63) is 42.0 Å². The predicted molar refractivity (Wildman–Crippen MR) is 88.4 cm³/mol. The van der Waals surface area contributed by atoms with E-state index in [9.17, 15) is 12.8 Å². The van der Waals surface area contributed by atoms with Crippen molar-refractivity contribution in [3.8, 4) is 5.75 Å². The molecule has 0 spiro atoms. The van der Waals surface area contributed by atoms with Crippen LogP contribution >= 0.6 is 0 Å². The van der Waals surface area contributed by atoms with E-state index < -0.39 is 9.84 Å². The second kappa shape index (κ2) is 7.92. The van der Waals surface area contributed by atoms with Gasteiger partial charge in [-0.15, -0.1) is 5.10 Å². The van der Waals surface area contributed by atoms with Gasteiger partial charge >= 0.3 is 0 Å². The van der Waals surface area contributed by atoms with E-state index in [1.807, 2.05) is 0 Å². The van der Waals surface area contributed by atoms with Crippen LogP contribution in [0.15, 0.2) is 30.5 Å². The molecule has 0 N–H and O–H groups in total. The lowest BCUT2D eigenvalue weighted by molar-refractivity contribution is 0.0402. The first-order valence-corrected chi connectivity index (χ1v) is 9.92. The number of halogens is 1. The summed E-state index contributed by atoms with van der Waals surface area (Å²) in [6, 6.07) is 5.77. The summed E-state index contributed by atoms with van der Waals surface area (Å²) < 4.78 is 48.4. The Bertz CT molecular complexity index is 778. The van der Waals surface area contributed by atoms with Crippen LogP contribution in [0.5, 0.6) is 5.75 Å². The van der Waals surface area contributed by atoms with Gasteiger partial charge in [-0.05, 0) is 37.1 Å². The Labute approximate surface area is 145 Å². The van der Waals surface area contributed by atoms with Crippen LogP contribution < -0.4 is 4.74 Å². The number of hydrogen-bond acceptors (Lipinski definition) is 6. The zero-order valence-corrected chi connectivity index (χ0v) is 14.5. The van der Waals surface area contributed by atoms with E-state index in [-0.39, 0.29) is 30.0 Å². The molecule has 0 saturated carbocycles. The van der Waals surface area contributed by atoms with Crippen LogP contribution in [-0.4, -0.2) is 47.6 Å². The van der Waals surface area contributed by atoms with Gasteiger partial charge in [0.15, 0.2) is 9.84 Å². The molecule has 25 heavy (non-hydrogen) atoms. The van der Waals surface area contributed by atoms with Crippen LogP contribution in [0.1, 0.15) is 18.5 Å². The standard InChI is InChI=1S/C16H20FN3O4S/c17-13-1-3-15(4-2-13)24-12-14-11-20(19-18-14)7-8-23-16-5-9-25(21,22)10-6-16/h1-4,11,16H,5-10,12H2. The third-order valence-electron chi connectivity index (χ3n) is 3.96. The maximum atomic E-state index is 12.8. The normalized spacial score (nSPS) is 17.5. The van der Waals surface area contributed by atoms with Gasteiger partial charge < -0.3 is 9.47 Å². The van der Waals surface area contributed by atoms with Crippen LogP contribution in [0.2, 0.25) is 0 Å². The fourth-order valence-corrected chi connectivity index (χ4v) is 4.00. The first kappa shape index (κ1) is 17.8. The van der Waals surface area contributed by atoms with Crippen LogP contribution in [0.4, 0.5) is 4.39 Å². The maximum absolute atomic E-state index is 12.8. The van der Waals surface area contributed by atoms with E-state index in [1.54, 1.807) is 23.0 Å². The molecular weight excluding hydrogens is 349 g/mol. The van der Waals surface area contributed by atoms with E-state index in [0.29, 0.717) is 37.4 Å². The summed E-state index contributed by atoms with van der Waals surface area (Å²) >= 11 is 0. The molecule has 1 aliphatic heterocycles. The Hall–Kier alpha value is -2.00. The number of aromatic nitrogens is 3. The van der Waals surface area contributed by atoms with Crippen molar-refractivity contribution in [2.75, 3.05) is 18.1 Å². The van der Waals surface area contributed by atoms with Crippen LogP contribution in [0.25, 0.3) is 0 Å². The van der Waals surface area contributed by atoms with Crippen molar-refractivity contribution in [2.24, 2.45) is 0 Å². The second-order valence-corrected chi connectivity index (χ2v) is 8.24. The van der Waals surface area contributed by atoms with Crippen molar-refractivity contribution in [1.29, 1.82) is 0 Å². The van der Waals surface area contributed by atoms with Crippen LogP contribution in [0, 0.1) is 5.82 Å². The highest BCUT2D eigenvalue weighted by Gasteiger charge is 2.23. The van der Waals surface area contributed by atoms with Gasteiger partial charge in [0.05, 0.1) is 37.0 Å². The van der Waals surface area contributed by atoms with E-state index in [4.69, 9.17) is 9.47 Å². The molecule has 0 radical (unpaired) electrons. The summed E-state index contributed by atoms with van der Waals surface area (Å²) in [6.45, 7) is 1.23. The fraction of sp³-hybridized carbons (Fsp3) is 0.500. The summed E-state index contributed by atoms with van der Waals surface area (Å²) in [4.78, 5) is 0. The summed E-state index contributed by atoms with van der Waals surface area (Å²) in [7, 11) is -2.86. The van der Waals surface area contributed by atoms with Crippen molar-refractivity contribution >= 4 is 9.84 Å². The average Bonchev–Trinajstić information content (AvgIpc) is 3.04. The molecule has 0 amide bonds. The lowest BCUT2D eigenvalue weighted by Gasteiger charge is -2.22. The fourth-order valence-electron chi connectivity index (χ4n) is 2.55. The van der Waals surface area contributed by atoms with Gasteiger partial charge in [-0.2, -0.15) is 0 Å². The maximum Gasteiger partial charge on any atom is 0.150 e. The number of nitrogens with zero attached hydrogens (tertiary/aromatic N) is 3. The quantitative estimate of drug-likeness (QED) is 0.737. The average molecular weight is 369 g/mol. The topological polar surface area (TPSA) is 83.3 Å². The minimum Gasteiger partial charge on any atom is -0.487 e. The summed E-state index contributed by atoms with van der Waals surface area (Å²) in [5, 5.41) is 8.01. The van der Waals surface area contributed by atoms with Crippen molar-refractivity contribution in [3.63, 3.8) is 0 Å². The Balaban J connectivity index is 1.39. The second-order valence-electron chi connectivity index (χ2n) is 5.94. The third-order valence-corrected chi connectivity index (χ3v) is 5.68. The minimum absolute atomic E-state index is 0.00618. The highest BCUT2D eigenvalue weighted by molar-refractivity contribution is 7.91. The van der Waals surface area contributed by atoms with Gasteiger partial charge in [0.25, 0.3) is 0 Å².